The van der Waals surface area contributed by atoms with E-state index in [4.69, 9.17) is 0 Å². The number of aryl methyl sites for hydroxylation is 1. The van der Waals surface area contributed by atoms with Crippen LogP contribution < -0.4 is 5.32 Å². The predicted molar refractivity (Wildman–Crippen MR) is 68.3 cm³/mol. The van der Waals surface area contributed by atoms with Gasteiger partial charge in [-0.25, -0.2) is 0 Å². The monoisotopic (exact) mass is 221 g/mol. The zero-order chi connectivity index (χ0) is 11.8. The summed E-state index contributed by atoms with van der Waals surface area (Å²) in [6, 6.07) is 2.63. The zero-order valence-corrected chi connectivity index (χ0v) is 10.4. The van der Waals surface area contributed by atoms with Crippen molar-refractivity contribution in [1.82, 2.24) is 15.1 Å². The number of allylic oxidation sites excluding steroid dienone is 1. The molecule has 0 bridgehead atoms. The summed E-state index contributed by atoms with van der Waals surface area (Å²) in [5, 5.41) is 7.77. The lowest BCUT2D eigenvalue weighted by Crippen LogP contribution is -2.26. The first-order chi connectivity index (χ1) is 7.77. The van der Waals surface area contributed by atoms with E-state index in [1.807, 2.05) is 17.0 Å². The highest BCUT2D eigenvalue weighted by molar-refractivity contribution is 5.00. The molecule has 0 spiro atoms. The van der Waals surface area contributed by atoms with Gasteiger partial charge in [0.2, 0.25) is 0 Å². The molecule has 90 valence electrons. The minimum atomic E-state index is 0.556. The fraction of sp³-hybridized carbons (Fsp3) is 0.615. The van der Waals surface area contributed by atoms with Crippen LogP contribution in [0.4, 0.5) is 0 Å². The van der Waals surface area contributed by atoms with Crippen LogP contribution in [-0.4, -0.2) is 15.8 Å². The van der Waals surface area contributed by atoms with E-state index in [1.54, 1.807) is 0 Å². The van der Waals surface area contributed by atoms with E-state index in [-0.39, 0.29) is 0 Å². The number of hydrogen-bond acceptors (Lipinski definition) is 2. The Morgan fingerprint density at radius 2 is 2.44 bits per heavy atom. The van der Waals surface area contributed by atoms with Gasteiger partial charge in [-0.3, -0.25) is 4.68 Å². The van der Waals surface area contributed by atoms with Crippen molar-refractivity contribution in [2.45, 2.75) is 52.2 Å². The summed E-state index contributed by atoms with van der Waals surface area (Å²) in [5.41, 5.74) is 1.26. The van der Waals surface area contributed by atoms with Gasteiger partial charge in [0.05, 0.1) is 5.69 Å². The molecule has 0 fully saturated rings. The van der Waals surface area contributed by atoms with Crippen LogP contribution in [0, 0.1) is 0 Å². The van der Waals surface area contributed by atoms with Gasteiger partial charge in [-0.2, -0.15) is 5.10 Å². The molecule has 0 amide bonds. The molecule has 1 aromatic rings. The molecule has 0 radical (unpaired) electrons. The molecule has 1 rings (SSSR count). The number of aromatic nitrogens is 2. The SMILES string of the molecule is C=CCCCC(C)NCc1ccnn1CC. The van der Waals surface area contributed by atoms with Crippen LogP contribution in [0.3, 0.4) is 0 Å². The number of rotatable bonds is 8. The van der Waals surface area contributed by atoms with Crippen molar-refractivity contribution in [3.8, 4) is 0 Å². The molecule has 1 unspecified atom stereocenters. The van der Waals surface area contributed by atoms with E-state index < -0.39 is 0 Å². The zero-order valence-electron chi connectivity index (χ0n) is 10.4. The van der Waals surface area contributed by atoms with Gasteiger partial charge < -0.3 is 5.32 Å². The highest BCUT2D eigenvalue weighted by Gasteiger charge is 2.03. The highest BCUT2D eigenvalue weighted by atomic mass is 15.3. The third-order valence-corrected chi connectivity index (χ3v) is 2.78. The maximum atomic E-state index is 4.25. The third kappa shape index (κ3) is 4.19. The van der Waals surface area contributed by atoms with Crippen molar-refractivity contribution >= 4 is 0 Å². The quantitative estimate of drug-likeness (QED) is 0.540. The van der Waals surface area contributed by atoms with Crippen LogP contribution in [0.1, 0.15) is 38.8 Å². The van der Waals surface area contributed by atoms with Gasteiger partial charge >= 0.3 is 0 Å². The molecule has 0 aromatic carbocycles. The predicted octanol–water partition coefficient (Wildman–Crippen LogP) is 2.74. The summed E-state index contributed by atoms with van der Waals surface area (Å²) in [7, 11) is 0. The van der Waals surface area contributed by atoms with Crippen LogP contribution in [-0.2, 0) is 13.1 Å². The minimum Gasteiger partial charge on any atom is -0.309 e. The van der Waals surface area contributed by atoms with Crippen LogP contribution in [0.5, 0.6) is 0 Å². The molecular formula is C13H23N3. The van der Waals surface area contributed by atoms with E-state index in [0.717, 1.165) is 19.5 Å². The highest BCUT2D eigenvalue weighted by Crippen LogP contribution is 2.03. The van der Waals surface area contributed by atoms with Gasteiger partial charge in [0.15, 0.2) is 0 Å². The van der Waals surface area contributed by atoms with Gasteiger partial charge in [0.25, 0.3) is 0 Å². The molecule has 1 aromatic heterocycles. The van der Waals surface area contributed by atoms with E-state index in [2.05, 4.69) is 36.9 Å². The summed E-state index contributed by atoms with van der Waals surface area (Å²) in [5.74, 6) is 0. The average Bonchev–Trinajstić information content (AvgIpc) is 2.74. The molecule has 3 nitrogen and oxygen atoms in total. The van der Waals surface area contributed by atoms with E-state index >= 15 is 0 Å². The number of hydrogen-bond donors (Lipinski definition) is 1. The van der Waals surface area contributed by atoms with Crippen molar-refractivity contribution in [2.75, 3.05) is 0 Å². The van der Waals surface area contributed by atoms with E-state index in [9.17, 15) is 0 Å². The molecule has 1 heterocycles. The molecule has 0 aliphatic rings. The minimum absolute atomic E-state index is 0.556. The lowest BCUT2D eigenvalue weighted by molar-refractivity contribution is 0.481. The summed E-state index contributed by atoms with van der Waals surface area (Å²) in [4.78, 5) is 0. The molecule has 0 aliphatic carbocycles. The molecule has 16 heavy (non-hydrogen) atoms. The van der Waals surface area contributed by atoms with Crippen LogP contribution in [0.2, 0.25) is 0 Å². The van der Waals surface area contributed by atoms with Gasteiger partial charge in [-0.05, 0) is 39.2 Å². The number of nitrogens with zero attached hydrogens (tertiary/aromatic N) is 2. The van der Waals surface area contributed by atoms with Crippen LogP contribution in [0.25, 0.3) is 0 Å². The van der Waals surface area contributed by atoms with Crippen molar-refractivity contribution in [3.63, 3.8) is 0 Å². The van der Waals surface area contributed by atoms with Crippen molar-refractivity contribution < 1.29 is 0 Å². The third-order valence-electron chi connectivity index (χ3n) is 2.78. The Morgan fingerprint density at radius 1 is 1.62 bits per heavy atom. The molecule has 1 atom stereocenters. The Morgan fingerprint density at radius 3 is 3.12 bits per heavy atom. The maximum Gasteiger partial charge on any atom is 0.0522 e. The van der Waals surface area contributed by atoms with E-state index in [0.29, 0.717) is 6.04 Å². The second-order valence-corrected chi connectivity index (χ2v) is 4.14. The fourth-order valence-electron chi connectivity index (χ4n) is 1.74. The molecular weight excluding hydrogens is 198 g/mol. The second-order valence-electron chi connectivity index (χ2n) is 4.14. The molecule has 0 aliphatic heterocycles. The molecule has 1 N–H and O–H groups in total. The Kier molecular flexibility index (Phi) is 5.86. The van der Waals surface area contributed by atoms with Gasteiger partial charge in [0, 0.05) is 25.3 Å². The number of unbranched alkanes of at least 4 members (excludes halogenated alkanes) is 1. The fourth-order valence-corrected chi connectivity index (χ4v) is 1.74. The van der Waals surface area contributed by atoms with Gasteiger partial charge in [-0.1, -0.05) is 6.08 Å². The second kappa shape index (κ2) is 7.23. The van der Waals surface area contributed by atoms with Crippen molar-refractivity contribution in [3.05, 3.63) is 30.6 Å². The Balaban J connectivity index is 2.25. The van der Waals surface area contributed by atoms with Gasteiger partial charge in [0.1, 0.15) is 0 Å². The first-order valence-electron chi connectivity index (χ1n) is 6.13. The summed E-state index contributed by atoms with van der Waals surface area (Å²) >= 11 is 0. The van der Waals surface area contributed by atoms with Crippen LogP contribution in [0.15, 0.2) is 24.9 Å². The van der Waals surface area contributed by atoms with Crippen molar-refractivity contribution in [2.24, 2.45) is 0 Å². The Hall–Kier alpha value is -1.09. The smallest absolute Gasteiger partial charge is 0.0522 e. The molecule has 3 heteroatoms. The Bertz CT molecular complexity index is 304. The van der Waals surface area contributed by atoms with Crippen LogP contribution >= 0.6 is 0 Å². The Labute approximate surface area is 98.5 Å². The first-order valence-corrected chi connectivity index (χ1v) is 6.13. The molecule has 0 saturated heterocycles. The molecule has 0 saturated carbocycles. The first kappa shape index (κ1) is 13.0. The maximum absolute atomic E-state index is 4.25. The number of nitrogens with one attached hydrogen (secondary N) is 1. The van der Waals surface area contributed by atoms with Crippen molar-refractivity contribution in [1.29, 1.82) is 0 Å². The van der Waals surface area contributed by atoms with Gasteiger partial charge in [-0.15, -0.1) is 6.58 Å². The summed E-state index contributed by atoms with van der Waals surface area (Å²) in [6.45, 7) is 9.93. The largest absolute Gasteiger partial charge is 0.309 e. The standard InChI is InChI=1S/C13H23N3/c1-4-6-7-8-12(3)14-11-13-9-10-15-16(13)5-2/h4,9-10,12,14H,1,5-8,11H2,2-3H3. The topological polar surface area (TPSA) is 29.9 Å². The summed E-state index contributed by atoms with van der Waals surface area (Å²) in [6.07, 6.45) is 7.37. The lowest BCUT2D eigenvalue weighted by atomic mass is 10.1. The lowest BCUT2D eigenvalue weighted by Gasteiger charge is -2.13. The van der Waals surface area contributed by atoms with E-state index in [1.165, 1.54) is 18.5 Å². The normalized spacial score (nSPS) is 12.6. The summed E-state index contributed by atoms with van der Waals surface area (Å²) < 4.78 is 2.03. The average molecular weight is 221 g/mol.